The number of rotatable bonds is 3. The highest BCUT2D eigenvalue weighted by Gasteiger charge is 2.44. The van der Waals surface area contributed by atoms with Crippen molar-refractivity contribution in [2.75, 3.05) is 5.32 Å². The maximum Gasteiger partial charge on any atom is 0.228 e. The van der Waals surface area contributed by atoms with Gasteiger partial charge in [0.1, 0.15) is 5.82 Å². The van der Waals surface area contributed by atoms with Crippen molar-refractivity contribution in [1.29, 1.82) is 0 Å². The predicted octanol–water partition coefficient (Wildman–Crippen LogP) is 4.87. The smallest absolute Gasteiger partial charge is 0.228 e. The molecule has 2 aromatic carbocycles. The zero-order chi connectivity index (χ0) is 15.0. The number of hydrogen-bond acceptors (Lipinski definition) is 1. The molecule has 1 fully saturated rings. The van der Waals surface area contributed by atoms with Gasteiger partial charge in [0.05, 0.1) is 5.69 Å². The Hall–Kier alpha value is -1.58. The first-order valence-corrected chi connectivity index (χ1v) is 7.31. The van der Waals surface area contributed by atoms with Crippen LogP contribution in [0.1, 0.15) is 17.9 Å². The Kier molecular flexibility index (Phi) is 3.87. The van der Waals surface area contributed by atoms with Crippen molar-refractivity contribution in [2.24, 2.45) is 5.92 Å². The summed E-state index contributed by atoms with van der Waals surface area (Å²) in [7, 11) is 0. The van der Waals surface area contributed by atoms with Crippen molar-refractivity contribution in [2.45, 2.75) is 12.3 Å². The Morgan fingerprint density at radius 1 is 1.14 bits per heavy atom. The van der Waals surface area contributed by atoms with Gasteiger partial charge in [-0.3, -0.25) is 4.79 Å². The van der Waals surface area contributed by atoms with Crippen LogP contribution in [-0.4, -0.2) is 5.91 Å². The molecule has 1 saturated carbocycles. The van der Waals surface area contributed by atoms with E-state index in [4.69, 9.17) is 23.2 Å². The number of hydrogen-bond donors (Lipinski definition) is 1. The summed E-state index contributed by atoms with van der Waals surface area (Å²) in [6, 6.07) is 11.4. The average Bonchev–Trinajstić information content (AvgIpc) is 3.20. The highest BCUT2D eigenvalue weighted by Crippen LogP contribution is 2.49. The molecule has 5 heteroatoms. The summed E-state index contributed by atoms with van der Waals surface area (Å²) in [5.41, 5.74) is 1.15. The van der Waals surface area contributed by atoms with E-state index < -0.39 is 5.82 Å². The second-order valence-electron chi connectivity index (χ2n) is 5.12. The molecule has 0 aromatic heterocycles. The molecule has 0 aliphatic heterocycles. The van der Waals surface area contributed by atoms with E-state index in [1.54, 1.807) is 24.3 Å². The number of anilines is 1. The minimum absolute atomic E-state index is 0.0907. The summed E-state index contributed by atoms with van der Waals surface area (Å²) in [5, 5.41) is 3.73. The summed E-state index contributed by atoms with van der Waals surface area (Å²) in [5.74, 6) is -0.692. The Balaban J connectivity index is 1.70. The summed E-state index contributed by atoms with van der Waals surface area (Å²) in [6.07, 6.45) is 0.719. The van der Waals surface area contributed by atoms with Crippen LogP contribution in [0, 0.1) is 11.7 Å². The van der Waals surface area contributed by atoms with E-state index in [0.29, 0.717) is 10.0 Å². The van der Waals surface area contributed by atoms with E-state index in [-0.39, 0.29) is 23.4 Å². The minimum Gasteiger partial charge on any atom is -0.323 e. The summed E-state index contributed by atoms with van der Waals surface area (Å²) >= 11 is 11.9. The molecule has 0 radical (unpaired) electrons. The molecule has 0 unspecified atom stereocenters. The van der Waals surface area contributed by atoms with Crippen LogP contribution in [-0.2, 0) is 4.79 Å². The van der Waals surface area contributed by atoms with E-state index in [1.165, 1.54) is 6.07 Å². The van der Waals surface area contributed by atoms with Crippen LogP contribution in [0.4, 0.5) is 10.1 Å². The third-order valence-corrected chi connectivity index (χ3v) is 4.01. The lowest BCUT2D eigenvalue weighted by Crippen LogP contribution is -2.15. The molecular weight excluding hydrogens is 312 g/mol. The van der Waals surface area contributed by atoms with Gasteiger partial charge in [-0.15, -0.1) is 0 Å². The van der Waals surface area contributed by atoms with E-state index in [9.17, 15) is 9.18 Å². The maximum absolute atomic E-state index is 13.5. The molecule has 1 aliphatic carbocycles. The number of nitrogens with one attached hydrogen (secondary N) is 1. The molecule has 1 amide bonds. The molecule has 21 heavy (non-hydrogen) atoms. The van der Waals surface area contributed by atoms with Crippen LogP contribution in [0.3, 0.4) is 0 Å². The number of amides is 1. The van der Waals surface area contributed by atoms with Crippen LogP contribution in [0.15, 0.2) is 42.5 Å². The highest BCUT2D eigenvalue weighted by molar-refractivity contribution is 6.34. The lowest BCUT2D eigenvalue weighted by molar-refractivity contribution is -0.117. The summed E-state index contributed by atoms with van der Waals surface area (Å²) in [6.45, 7) is 0. The molecular formula is C16H12Cl2FNO. The molecule has 2 aromatic rings. The van der Waals surface area contributed by atoms with Crippen molar-refractivity contribution in [3.05, 3.63) is 63.9 Å². The molecule has 0 bridgehead atoms. The van der Waals surface area contributed by atoms with Gasteiger partial charge in [0.15, 0.2) is 0 Å². The van der Waals surface area contributed by atoms with Crippen LogP contribution in [0.5, 0.6) is 0 Å². The molecule has 3 rings (SSSR count). The van der Waals surface area contributed by atoms with Gasteiger partial charge in [0.25, 0.3) is 0 Å². The van der Waals surface area contributed by atoms with E-state index in [0.717, 1.165) is 12.0 Å². The lowest BCUT2D eigenvalue weighted by atomic mass is 10.1. The highest BCUT2D eigenvalue weighted by atomic mass is 35.5. The zero-order valence-corrected chi connectivity index (χ0v) is 12.5. The van der Waals surface area contributed by atoms with Gasteiger partial charge in [-0.25, -0.2) is 4.39 Å². The fourth-order valence-electron chi connectivity index (χ4n) is 2.43. The summed E-state index contributed by atoms with van der Waals surface area (Å²) in [4.78, 5) is 12.1. The van der Waals surface area contributed by atoms with Gasteiger partial charge < -0.3 is 5.32 Å². The Morgan fingerprint density at radius 2 is 1.81 bits per heavy atom. The monoisotopic (exact) mass is 323 g/mol. The van der Waals surface area contributed by atoms with Crippen LogP contribution < -0.4 is 5.32 Å². The largest absolute Gasteiger partial charge is 0.323 e. The van der Waals surface area contributed by atoms with Gasteiger partial charge in [0.2, 0.25) is 5.91 Å². The quantitative estimate of drug-likeness (QED) is 0.857. The molecule has 1 N–H and O–H groups in total. The van der Waals surface area contributed by atoms with Crippen molar-refractivity contribution < 1.29 is 9.18 Å². The van der Waals surface area contributed by atoms with Gasteiger partial charge in [-0.1, -0.05) is 35.3 Å². The van der Waals surface area contributed by atoms with Crippen molar-refractivity contribution in [3.63, 3.8) is 0 Å². The topological polar surface area (TPSA) is 29.1 Å². The van der Waals surface area contributed by atoms with Crippen molar-refractivity contribution in [1.82, 2.24) is 0 Å². The number of para-hydroxylation sites is 1. The van der Waals surface area contributed by atoms with Gasteiger partial charge >= 0.3 is 0 Å². The standard InChI is InChI=1S/C16H12Cl2FNO/c17-10-5-9(6-11(18)7-10)12-8-13(12)16(21)20-15-4-2-1-3-14(15)19/h1-7,12-13H,8H2,(H,20,21)/t12-,13+/m0/s1. The molecule has 2 nitrogen and oxygen atoms in total. The van der Waals surface area contributed by atoms with Crippen LogP contribution in [0.2, 0.25) is 10.0 Å². The van der Waals surface area contributed by atoms with Gasteiger partial charge in [-0.2, -0.15) is 0 Å². The molecule has 0 saturated heterocycles. The Morgan fingerprint density at radius 3 is 2.48 bits per heavy atom. The van der Waals surface area contributed by atoms with Crippen molar-refractivity contribution >= 4 is 34.8 Å². The average molecular weight is 324 g/mol. The lowest BCUT2D eigenvalue weighted by Gasteiger charge is -2.06. The first kappa shape index (κ1) is 14.4. The summed E-state index contributed by atoms with van der Waals surface area (Å²) < 4.78 is 13.5. The zero-order valence-electron chi connectivity index (χ0n) is 10.9. The van der Waals surface area contributed by atoms with E-state index in [1.807, 2.05) is 12.1 Å². The van der Waals surface area contributed by atoms with E-state index >= 15 is 0 Å². The third-order valence-electron chi connectivity index (χ3n) is 3.57. The molecule has 0 heterocycles. The SMILES string of the molecule is O=C(Nc1ccccc1F)[C@@H]1C[C@H]1c1cc(Cl)cc(Cl)c1. The third kappa shape index (κ3) is 3.20. The molecule has 1 aliphatic rings. The predicted molar refractivity (Wildman–Crippen MR) is 82.3 cm³/mol. The number of halogens is 3. The van der Waals surface area contributed by atoms with Crippen molar-refractivity contribution in [3.8, 4) is 0 Å². The Bertz CT molecular complexity index is 684. The van der Waals surface area contributed by atoms with Gasteiger partial charge in [-0.05, 0) is 48.2 Å². The minimum atomic E-state index is -0.436. The number of carbonyl (C=O) groups is 1. The fraction of sp³-hybridized carbons (Fsp3) is 0.188. The second kappa shape index (κ2) is 5.66. The second-order valence-corrected chi connectivity index (χ2v) is 5.99. The normalized spacial score (nSPS) is 20.1. The fourth-order valence-corrected chi connectivity index (χ4v) is 2.97. The first-order chi connectivity index (χ1) is 10.0. The molecule has 0 spiro atoms. The first-order valence-electron chi connectivity index (χ1n) is 6.56. The molecule has 2 atom stereocenters. The van der Waals surface area contributed by atoms with E-state index in [2.05, 4.69) is 5.32 Å². The maximum atomic E-state index is 13.5. The van der Waals surface area contributed by atoms with Crippen LogP contribution >= 0.6 is 23.2 Å². The number of carbonyl (C=O) groups excluding carboxylic acids is 1. The van der Waals surface area contributed by atoms with Crippen LogP contribution in [0.25, 0.3) is 0 Å². The number of benzene rings is 2. The van der Waals surface area contributed by atoms with Gasteiger partial charge in [0, 0.05) is 16.0 Å². The molecule has 108 valence electrons. The Labute approximate surface area is 131 Å².